The van der Waals surface area contributed by atoms with Gasteiger partial charge in [0.1, 0.15) is 0 Å². The molecule has 0 radical (unpaired) electrons. The van der Waals surface area contributed by atoms with Crippen LogP contribution in [-0.4, -0.2) is 25.0 Å². The van der Waals surface area contributed by atoms with Crippen molar-refractivity contribution in [2.45, 2.75) is 6.42 Å². The molecule has 1 N–H and O–H groups in total. The lowest BCUT2D eigenvalue weighted by Gasteiger charge is -2.08. The molecule has 4 nitrogen and oxygen atoms in total. The van der Waals surface area contributed by atoms with Gasteiger partial charge in [0.2, 0.25) is 0 Å². The van der Waals surface area contributed by atoms with Gasteiger partial charge in [0.25, 0.3) is 5.91 Å². The van der Waals surface area contributed by atoms with Crippen molar-refractivity contribution < 1.29 is 14.3 Å². The van der Waals surface area contributed by atoms with Gasteiger partial charge in [-0.1, -0.05) is 60.1 Å². The normalized spacial score (nSPS) is 10.5. The van der Waals surface area contributed by atoms with Gasteiger partial charge in [0.05, 0.1) is 5.56 Å². The van der Waals surface area contributed by atoms with Crippen molar-refractivity contribution >= 4 is 34.2 Å². The van der Waals surface area contributed by atoms with Gasteiger partial charge in [-0.25, -0.2) is 4.79 Å². The Bertz CT molecular complexity index is 934. The maximum Gasteiger partial charge on any atom is 0.339 e. The van der Waals surface area contributed by atoms with Crippen LogP contribution in [0.3, 0.4) is 0 Å². The lowest BCUT2D eigenvalue weighted by molar-refractivity contribution is -0.124. The molecule has 0 fully saturated rings. The van der Waals surface area contributed by atoms with Crippen LogP contribution in [0.25, 0.3) is 10.8 Å². The molecule has 3 aromatic carbocycles. The van der Waals surface area contributed by atoms with Crippen LogP contribution in [0.4, 0.5) is 0 Å². The molecule has 0 aromatic heterocycles. The van der Waals surface area contributed by atoms with E-state index in [1.54, 1.807) is 18.2 Å². The van der Waals surface area contributed by atoms with Crippen LogP contribution in [0, 0.1) is 0 Å². The zero-order valence-electron chi connectivity index (χ0n) is 14.1. The van der Waals surface area contributed by atoms with E-state index in [9.17, 15) is 9.59 Å². The highest BCUT2D eigenvalue weighted by atomic mass is 35.5. The number of amides is 1. The minimum absolute atomic E-state index is 0.308. The Labute approximate surface area is 156 Å². The molecule has 0 saturated heterocycles. The van der Waals surface area contributed by atoms with Crippen LogP contribution in [0.5, 0.6) is 0 Å². The number of halogens is 1. The lowest BCUT2D eigenvalue weighted by atomic mass is 10.1. The number of fused-ring (bicyclic) bond motifs is 1. The molecule has 0 heterocycles. The third-order valence-electron chi connectivity index (χ3n) is 3.97. The molecule has 3 rings (SSSR count). The molecule has 0 unspecified atom stereocenters. The van der Waals surface area contributed by atoms with Gasteiger partial charge in [0, 0.05) is 11.6 Å². The van der Waals surface area contributed by atoms with E-state index in [1.807, 2.05) is 48.5 Å². The van der Waals surface area contributed by atoms with Gasteiger partial charge in [0.15, 0.2) is 6.61 Å². The van der Waals surface area contributed by atoms with Gasteiger partial charge < -0.3 is 10.1 Å². The summed E-state index contributed by atoms with van der Waals surface area (Å²) in [5.74, 6) is -0.840. The molecule has 0 saturated carbocycles. The monoisotopic (exact) mass is 367 g/mol. The summed E-state index contributed by atoms with van der Waals surface area (Å²) in [6, 6.07) is 20.4. The summed E-state index contributed by atoms with van der Waals surface area (Å²) in [6.07, 6.45) is 0.656. The van der Waals surface area contributed by atoms with E-state index in [1.165, 1.54) is 0 Å². The SMILES string of the molecule is O=C(COC(=O)c1cccc2ccccc12)NCCc1cccc(Cl)c1. The summed E-state index contributed by atoms with van der Waals surface area (Å²) in [6.45, 7) is 0.141. The van der Waals surface area contributed by atoms with Gasteiger partial charge in [-0.2, -0.15) is 0 Å². The molecule has 5 heteroatoms. The highest BCUT2D eigenvalue weighted by Crippen LogP contribution is 2.19. The van der Waals surface area contributed by atoms with Crippen LogP contribution in [0.15, 0.2) is 66.7 Å². The predicted molar refractivity (Wildman–Crippen MR) is 102 cm³/mol. The highest BCUT2D eigenvalue weighted by Gasteiger charge is 2.13. The van der Waals surface area contributed by atoms with Crippen LogP contribution >= 0.6 is 11.6 Å². The van der Waals surface area contributed by atoms with Gasteiger partial charge in [-0.05, 0) is 41.0 Å². The fourth-order valence-electron chi connectivity index (χ4n) is 2.70. The Balaban J connectivity index is 1.50. The van der Waals surface area contributed by atoms with Crippen molar-refractivity contribution in [1.29, 1.82) is 0 Å². The molecular weight excluding hydrogens is 350 g/mol. The lowest BCUT2D eigenvalue weighted by Crippen LogP contribution is -2.30. The Kier molecular flexibility index (Phi) is 5.87. The highest BCUT2D eigenvalue weighted by molar-refractivity contribution is 6.30. The summed E-state index contributed by atoms with van der Waals surface area (Å²) in [5.41, 5.74) is 1.49. The number of rotatable bonds is 6. The first-order chi connectivity index (χ1) is 12.6. The van der Waals surface area contributed by atoms with Crippen LogP contribution in [0.2, 0.25) is 5.02 Å². The van der Waals surface area contributed by atoms with Crippen molar-refractivity contribution in [3.05, 3.63) is 82.9 Å². The second-order valence-electron chi connectivity index (χ2n) is 5.83. The van der Waals surface area contributed by atoms with Crippen LogP contribution in [0.1, 0.15) is 15.9 Å². The molecule has 0 aliphatic rings. The summed E-state index contributed by atoms with van der Waals surface area (Å²) >= 11 is 5.93. The van der Waals surface area contributed by atoms with Gasteiger partial charge >= 0.3 is 5.97 Å². The number of ether oxygens (including phenoxy) is 1. The summed E-state index contributed by atoms with van der Waals surface area (Å²) in [4.78, 5) is 24.2. The predicted octanol–water partition coefficient (Wildman–Crippen LogP) is 4.01. The first-order valence-corrected chi connectivity index (χ1v) is 8.67. The smallest absolute Gasteiger partial charge is 0.339 e. The van der Waals surface area contributed by atoms with Crippen LogP contribution in [-0.2, 0) is 16.0 Å². The number of nitrogens with one attached hydrogen (secondary N) is 1. The minimum Gasteiger partial charge on any atom is -0.452 e. The molecule has 0 aliphatic heterocycles. The summed E-state index contributed by atoms with van der Waals surface area (Å²) in [7, 11) is 0. The molecular formula is C21H18ClNO3. The van der Waals surface area contributed by atoms with Crippen molar-refractivity contribution in [2.24, 2.45) is 0 Å². The number of hydrogen-bond donors (Lipinski definition) is 1. The standard InChI is InChI=1S/C21H18ClNO3/c22-17-8-3-5-15(13-17)11-12-23-20(24)14-26-21(25)19-10-4-7-16-6-1-2-9-18(16)19/h1-10,13H,11-12,14H2,(H,23,24). The van der Waals surface area contributed by atoms with E-state index in [2.05, 4.69) is 5.32 Å². The van der Waals surface area contributed by atoms with Crippen LogP contribution < -0.4 is 5.32 Å². The number of carbonyl (C=O) groups excluding carboxylic acids is 2. The quantitative estimate of drug-likeness (QED) is 0.670. The molecule has 0 atom stereocenters. The molecule has 26 heavy (non-hydrogen) atoms. The Morgan fingerprint density at radius 2 is 1.73 bits per heavy atom. The van der Waals surface area contributed by atoms with E-state index in [4.69, 9.17) is 16.3 Å². The molecule has 0 aliphatic carbocycles. The summed E-state index contributed by atoms with van der Waals surface area (Å²) < 4.78 is 5.15. The molecule has 132 valence electrons. The number of benzene rings is 3. The molecule has 3 aromatic rings. The zero-order valence-corrected chi connectivity index (χ0v) is 14.8. The topological polar surface area (TPSA) is 55.4 Å². The third kappa shape index (κ3) is 4.61. The molecule has 0 bridgehead atoms. The third-order valence-corrected chi connectivity index (χ3v) is 4.20. The van der Waals surface area contributed by atoms with E-state index in [0.29, 0.717) is 23.6 Å². The maximum atomic E-state index is 12.3. The average Bonchev–Trinajstić information content (AvgIpc) is 2.66. The van der Waals surface area contributed by atoms with Gasteiger partial charge in [-0.3, -0.25) is 4.79 Å². The van der Waals surface area contributed by atoms with E-state index < -0.39 is 5.97 Å². The number of carbonyl (C=O) groups is 2. The minimum atomic E-state index is -0.508. The fraction of sp³-hybridized carbons (Fsp3) is 0.143. The van der Waals surface area contributed by atoms with E-state index in [-0.39, 0.29) is 12.5 Å². The van der Waals surface area contributed by atoms with Crippen molar-refractivity contribution in [2.75, 3.05) is 13.2 Å². The second-order valence-corrected chi connectivity index (χ2v) is 6.27. The molecule has 0 spiro atoms. The Hall–Kier alpha value is -2.85. The zero-order chi connectivity index (χ0) is 18.4. The first-order valence-electron chi connectivity index (χ1n) is 8.29. The maximum absolute atomic E-state index is 12.3. The Morgan fingerprint density at radius 1 is 0.962 bits per heavy atom. The van der Waals surface area contributed by atoms with Crippen molar-refractivity contribution in [3.63, 3.8) is 0 Å². The van der Waals surface area contributed by atoms with E-state index >= 15 is 0 Å². The largest absolute Gasteiger partial charge is 0.452 e. The average molecular weight is 368 g/mol. The second kappa shape index (κ2) is 8.50. The number of esters is 1. The summed E-state index contributed by atoms with van der Waals surface area (Å²) in [5, 5.41) is 5.16. The van der Waals surface area contributed by atoms with Crippen molar-refractivity contribution in [3.8, 4) is 0 Å². The molecule has 1 amide bonds. The van der Waals surface area contributed by atoms with E-state index in [0.717, 1.165) is 16.3 Å². The van der Waals surface area contributed by atoms with Crippen molar-refractivity contribution in [1.82, 2.24) is 5.32 Å². The van der Waals surface area contributed by atoms with Gasteiger partial charge in [-0.15, -0.1) is 0 Å². The Morgan fingerprint density at radius 3 is 2.58 bits per heavy atom. The first kappa shape index (κ1) is 18.0. The number of hydrogen-bond acceptors (Lipinski definition) is 3. The fourth-order valence-corrected chi connectivity index (χ4v) is 2.91.